The number of hydrogen-bond donors (Lipinski definition) is 1. The van der Waals surface area contributed by atoms with E-state index in [1.807, 2.05) is 36.9 Å². The fraction of sp³-hybridized carbons (Fsp3) is 0.500. The second kappa shape index (κ2) is 5.93. The molecule has 2 aromatic rings. The van der Waals surface area contributed by atoms with Crippen LogP contribution >= 0.6 is 0 Å². The van der Waals surface area contributed by atoms with Gasteiger partial charge in [-0.2, -0.15) is 0 Å². The van der Waals surface area contributed by atoms with E-state index in [0.29, 0.717) is 12.6 Å². The summed E-state index contributed by atoms with van der Waals surface area (Å²) in [6, 6.07) is 5.97. The van der Waals surface area contributed by atoms with Crippen molar-refractivity contribution < 1.29 is 4.74 Å². The summed E-state index contributed by atoms with van der Waals surface area (Å²) in [6.07, 6.45) is 0.979. The number of rotatable bonds is 6. The molecule has 104 valence electrons. The van der Waals surface area contributed by atoms with Gasteiger partial charge < -0.3 is 19.9 Å². The second-order valence-corrected chi connectivity index (χ2v) is 4.90. The Balaban J connectivity index is 2.35. The Labute approximate surface area is 114 Å². The molecule has 0 spiro atoms. The lowest BCUT2D eigenvalue weighted by Gasteiger charge is -2.12. The Bertz CT molecular complexity index is 548. The molecule has 5 heteroatoms. The van der Waals surface area contributed by atoms with Gasteiger partial charge in [0.1, 0.15) is 11.3 Å². The minimum absolute atomic E-state index is 0.546. The molecule has 0 saturated carbocycles. The van der Waals surface area contributed by atoms with Crippen molar-refractivity contribution in [3.05, 3.63) is 18.2 Å². The van der Waals surface area contributed by atoms with E-state index in [1.54, 1.807) is 0 Å². The van der Waals surface area contributed by atoms with Gasteiger partial charge in [-0.15, -0.1) is 0 Å². The van der Waals surface area contributed by atoms with Crippen LogP contribution in [0.1, 0.15) is 13.3 Å². The second-order valence-electron chi connectivity index (χ2n) is 4.90. The van der Waals surface area contributed by atoms with Crippen molar-refractivity contribution >= 4 is 17.0 Å². The molecular formula is C14H22N4O. The maximum atomic E-state index is 6.01. The van der Waals surface area contributed by atoms with Crippen LogP contribution in [0, 0.1) is 0 Å². The van der Waals surface area contributed by atoms with Crippen LogP contribution in [0.25, 0.3) is 11.0 Å². The Morgan fingerprint density at radius 3 is 2.84 bits per heavy atom. The monoisotopic (exact) mass is 262 g/mol. The largest absolute Gasteiger partial charge is 0.491 e. The third kappa shape index (κ3) is 2.98. The number of imidazole rings is 1. The van der Waals surface area contributed by atoms with Crippen molar-refractivity contribution in [1.29, 1.82) is 0 Å². The van der Waals surface area contributed by atoms with Gasteiger partial charge in [-0.3, -0.25) is 0 Å². The summed E-state index contributed by atoms with van der Waals surface area (Å²) in [7, 11) is 4.09. The summed E-state index contributed by atoms with van der Waals surface area (Å²) in [5, 5.41) is 0. The summed E-state index contributed by atoms with van der Waals surface area (Å²) >= 11 is 0. The Morgan fingerprint density at radius 1 is 1.37 bits per heavy atom. The number of hydrogen-bond acceptors (Lipinski definition) is 4. The minimum atomic E-state index is 0.546. The summed E-state index contributed by atoms with van der Waals surface area (Å²) in [6.45, 7) is 4.54. The highest BCUT2D eigenvalue weighted by molar-refractivity contribution is 5.84. The molecule has 0 bridgehead atoms. The van der Waals surface area contributed by atoms with Crippen molar-refractivity contribution in [3.63, 3.8) is 0 Å². The maximum absolute atomic E-state index is 6.01. The zero-order chi connectivity index (χ0) is 13.8. The SMILES string of the molecule is CCCOc1cccc2c1nc(N)n2CCN(C)C. The number of nitrogens with two attached hydrogens (primary N) is 1. The average molecular weight is 262 g/mol. The number of benzene rings is 1. The fourth-order valence-corrected chi connectivity index (χ4v) is 2.00. The first-order valence-electron chi connectivity index (χ1n) is 6.65. The van der Waals surface area contributed by atoms with E-state index in [2.05, 4.69) is 16.8 Å². The number of ether oxygens (including phenoxy) is 1. The van der Waals surface area contributed by atoms with E-state index < -0.39 is 0 Å². The van der Waals surface area contributed by atoms with E-state index in [1.165, 1.54) is 0 Å². The van der Waals surface area contributed by atoms with Gasteiger partial charge in [-0.25, -0.2) is 4.98 Å². The highest BCUT2D eigenvalue weighted by atomic mass is 16.5. The lowest BCUT2D eigenvalue weighted by atomic mass is 10.3. The summed E-state index contributed by atoms with van der Waals surface area (Å²) < 4.78 is 7.76. The predicted octanol–water partition coefficient (Wildman–Crippen LogP) is 1.97. The van der Waals surface area contributed by atoms with E-state index >= 15 is 0 Å². The summed E-state index contributed by atoms with van der Waals surface area (Å²) in [4.78, 5) is 6.57. The van der Waals surface area contributed by atoms with Crippen LogP contribution in [-0.4, -0.2) is 41.7 Å². The topological polar surface area (TPSA) is 56.3 Å². The standard InChI is InChI=1S/C14H22N4O/c1-4-10-19-12-7-5-6-11-13(12)16-14(15)18(11)9-8-17(2)3/h5-7H,4,8-10H2,1-3H3,(H2,15,16). The third-order valence-electron chi connectivity index (χ3n) is 3.00. The van der Waals surface area contributed by atoms with E-state index in [4.69, 9.17) is 10.5 Å². The van der Waals surface area contributed by atoms with Crippen molar-refractivity contribution in [1.82, 2.24) is 14.5 Å². The Hall–Kier alpha value is -1.75. The predicted molar refractivity (Wildman–Crippen MR) is 78.5 cm³/mol. The van der Waals surface area contributed by atoms with E-state index in [9.17, 15) is 0 Å². The fourth-order valence-electron chi connectivity index (χ4n) is 2.00. The van der Waals surface area contributed by atoms with Crippen LogP contribution in [-0.2, 0) is 6.54 Å². The van der Waals surface area contributed by atoms with Crippen molar-refractivity contribution in [2.24, 2.45) is 0 Å². The number of aromatic nitrogens is 2. The molecule has 1 aromatic carbocycles. The van der Waals surface area contributed by atoms with Crippen LogP contribution in [0.4, 0.5) is 5.95 Å². The average Bonchev–Trinajstić information content (AvgIpc) is 2.70. The van der Waals surface area contributed by atoms with Crippen molar-refractivity contribution in [2.75, 3.05) is 33.0 Å². The van der Waals surface area contributed by atoms with Crippen LogP contribution in [0.3, 0.4) is 0 Å². The van der Waals surface area contributed by atoms with Gasteiger partial charge in [0, 0.05) is 13.1 Å². The molecule has 1 heterocycles. The van der Waals surface area contributed by atoms with Gasteiger partial charge in [-0.05, 0) is 32.6 Å². The van der Waals surface area contributed by atoms with Gasteiger partial charge in [0.2, 0.25) is 5.95 Å². The van der Waals surface area contributed by atoms with Crippen molar-refractivity contribution in [3.8, 4) is 5.75 Å². The lowest BCUT2D eigenvalue weighted by Crippen LogP contribution is -2.19. The highest BCUT2D eigenvalue weighted by Crippen LogP contribution is 2.27. The quantitative estimate of drug-likeness (QED) is 0.864. The van der Waals surface area contributed by atoms with Crippen LogP contribution in [0.15, 0.2) is 18.2 Å². The van der Waals surface area contributed by atoms with Crippen LogP contribution < -0.4 is 10.5 Å². The smallest absolute Gasteiger partial charge is 0.201 e. The molecule has 0 atom stereocenters. The van der Waals surface area contributed by atoms with Gasteiger partial charge in [0.25, 0.3) is 0 Å². The molecule has 0 fully saturated rings. The molecule has 0 aliphatic carbocycles. The molecule has 0 aliphatic rings. The summed E-state index contributed by atoms with van der Waals surface area (Å²) in [5.74, 6) is 1.36. The molecular weight excluding hydrogens is 240 g/mol. The molecule has 0 radical (unpaired) electrons. The number of anilines is 1. The molecule has 1 aromatic heterocycles. The number of nitrogen functional groups attached to an aromatic ring is 1. The normalized spacial score (nSPS) is 11.4. The minimum Gasteiger partial charge on any atom is -0.491 e. The van der Waals surface area contributed by atoms with Gasteiger partial charge >= 0.3 is 0 Å². The number of para-hydroxylation sites is 1. The molecule has 2 rings (SSSR count). The molecule has 2 N–H and O–H groups in total. The molecule has 0 unspecified atom stereocenters. The highest BCUT2D eigenvalue weighted by Gasteiger charge is 2.12. The Morgan fingerprint density at radius 2 is 2.16 bits per heavy atom. The molecule has 19 heavy (non-hydrogen) atoms. The summed E-state index contributed by atoms with van der Waals surface area (Å²) in [5.41, 5.74) is 7.90. The number of likely N-dealkylation sites (N-methyl/N-ethyl adjacent to an activating group) is 1. The number of fused-ring (bicyclic) bond motifs is 1. The Kier molecular flexibility index (Phi) is 4.27. The zero-order valence-corrected chi connectivity index (χ0v) is 11.9. The third-order valence-corrected chi connectivity index (χ3v) is 3.00. The molecule has 0 amide bonds. The van der Waals surface area contributed by atoms with Gasteiger partial charge in [0.05, 0.1) is 12.1 Å². The molecule has 0 saturated heterocycles. The maximum Gasteiger partial charge on any atom is 0.201 e. The first-order chi connectivity index (χ1) is 9.13. The van der Waals surface area contributed by atoms with E-state index in [0.717, 1.165) is 36.3 Å². The van der Waals surface area contributed by atoms with Gasteiger partial charge in [0.15, 0.2) is 0 Å². The lowest BCUT2D eigenvalue weighted by molar-refractivity contribution is 0.320. The zero-order valence-electron chi connectivity index (χ0n) is 11.9. The van der Waals surface area contributed by atoms with Crippen LogP contribution in [0.5, 0.6) is 5.75 Å². The number of nitrogens with zero attached hydrogens (tertiary/aromatic N) is 3. The van der Waals surface area contributed by atoms with Crippen LogP contribution in [0.2, 0.25) is 0 Å². The molecule has 0 aliphatic heterocycles. The molecule has 5 nitrogen and oxygen atoms in total. The van der Waals surface area contributed by atoms with E-state index in [-0.39, 0.29) is 0 Å². The first kappa shape index (κ1) is 13.7. The first-order valence-corrected chi connectivity index (χ1v) is 6.65. The van der Waals surface area contributed by atoms with Crippen molar-refractivity contribution in [2.45, 2.75) is 19.9 Å². The van der Waals surface area contributed by atoms with Gasteiger partial charge in [-0.1, -0.05) is 13.0 Å².